The number of carbonyl (C=O) groups is 1. The number of hydrogen-bond donors (Lipinski definition) is 1. The molecule has 154 valence electrons. The van der Waals surface area contributed by atoms with Crippen LogP contribution < -0.4 is 5.32 Å². The van der Waals surface area contributed by atoms with Crippen LogP contribution >= 0.6 is 0 Å². The molecular formula is C21H29N7O. The first-order valence-corrected chi connectivity index (χ1v) is 10.2. The van der Waals surface area contributed by atoms with Crippen molar-refractivity contribution in [2.75, 3.05) is 46.3 Å². The van der Waals surface area contributed by atoms with E-state index in [2.05, 4.69) is 40.1 Å². The van der Waals surface area contributed by atoms with Crippen LogP contribution in [0.2, 0.25) is 0 Å². The Morgan fingerprint density at radius 3 is 2.59 bits per heavy atom. The molecule has 4 heterocycles. The highest BCUT2D eigenvalue weighted by atomic mass is 16.2. The van der Waals surface area contributed by atoms with Gasteiger partial charge in [0.15, 0.2) is 11.5 Å². The number of aromatic nitrogens is 4. The maximum Gasteiger partial charge on any atom is 0.241 e. The van der Waals surface area contributed by atoms with E-state index in [1.54, 1.807) is 4.68 Å². The quantitative estimate of drug-likeness (QED) is 0.679. The molecule has 0 saturated carbocycles. The highest BCUT2D eigenvalue weighted by Gasteiger charge is 2.18. The number of pyridine rings is 1. The summed E-state index contributed by atoms with van der Waals surface area (Å²) in [4.78, 5) is 22.0. The van der Waals surface area contributed by atoms with E-state index in [-0.39, 0.29) is 12.5 Å². The SMILES string of the molecule is Cc1cc(C)c2c(-n3cccc3)nn(CC(=O)NCCN3CCN(C)CC3)c2n1. The largest absolute Gasteiger partial charge is 0.353 e. The molecule has 3 aromatic rings. The number of hydrogen-bond acceptors (Lipinski definition) is 5. The maximum absolute atomic E-state index is 12.6. The fourth-order valence-electron chi connectivity index (χ4n) is 3.88. The van der Waals surface area contributed by atoms with Gasteiger partial charge in [-0.1, -0.05) is 0 Å². The number of fused-ring (bicyclic) bond motifs is 1. The molecular weight excluding hydrogens is 366 g/mol. The first-order chi connectivity index (χ1) is 14.0. The van der Waals surface area contributed by atoms with Gasteiger partial charge in [0.05, 0.1) is 5.39 Å². The number of piperazine rings is 1. The molecule has 3 aromatic heterocycles. The van der Waals surface area contributed by atoms with E-state index in [1.807, 2.05) is 36.0 Å². The third-order valence-electron chi connectivity index (χ3n) is 5.50. The van der Waals surface area contributed by atoms with E-state index >= 15 is 0 Å². The van der Waals surface area contributed by atoms with Gasteiger partial charge in [0.25, 0.3) is 0 Å². The lowest BCUT2D eigenvalue weighted by atomic mass is 10.2. The molecule has 1 fully saturated rings. The molecule has 1 aliphatic rings. The minimum Gasteiger partial charge on any atom is -0.353 e. The van der Waals surface area contributed by atoms with Crippen molar-refractivity contribution in [2.45, 2.75) is 20.4 Å². The van der Waals surface area contributed by atoms with Crippen LogP contribution in [0.4, 0.5) is 0 Å². The van der Waals surface area contributed by atoms with Gasteiger partial charge >= 0.3 is 0 Å². The number of amides is 1. The van der Waals surface area contributed by atoms with Crippen LogP contribution in [-0.2, 0) is 11.3 Å². The smallest absolute Gasteiger partial charge is 0.241 e. The minimum atomic E-state index is -0.0384. The zero-order valence-corrected chi connectivity index (χ0v) is 17.4. The first-order valence-electron chi connectivity index (χ1n) is 10.2. The molecule has 0 spiro atoms. The Kier molecular flexibility index (Phi) is 5.64. The van der Waals surface area contributed by atoms with Crippen LogP contribution in [0.3, 0.4) is 0 Å². The van der Waals surface area contributed by atoms with Crippen molar-refractivity contribution in [3.05, 3.63) is 41.9 Å². The summed E-state index contributed by atoms with van der Waals surface area (Å²) in [6.07, 6.45) is 3.92. The van der Waals surface area contributed by atoms with E-state index < -0.39 is 0 Å². The van der Waals surface area contributed by atoms with Crippen molar-refractivity contribution >= 4 is 16.9 Å². The average molecular weight is 396 g/mol. The third-order valence-corrected chi connectivity index (χ3v) is 5.50. The zero-order valence-electron chi connectivity index (χ0n) is 17.4. The van der Waals surface area contributed by atoms with Gasteiger partial charge in [-0.25, -0.2) is 9.67 Å². The summed E-state index contributed by atoms with van der Waals surface area (Å²) >= 11 is 0. The number of likely N-dealkylation sites (N-methyl/N-ethyl adjacent to an activating group) is 1. The average Bonchev–Trinajstić information content (AvgIpc) is 3.32. The molecule has 29 heavy (non-hydrogen) atoms. The van der Waals surface area contributed by atoms with Crippen molar-refractivity contribution in [1.29, 1.82) is 0 Å². The molecule has 0 unspecified atom stereocenters. The Hall–Kier alpha value is -2.71. The second kappa shape index (κ2) is 8.34. The molecule has 1 saturated heterocycles. The Labute approximate surface area is 171 Å². The predicted octanol–water partition coefficient (Wildman–Crippen LogP) is 1.20. The van der Waals surface area contributed by atoms with Gasteiger partial charge in [0.1, 0.15) is 6.54 Å². The van der Waals surface area contributed by atoms with E-state index in [9.17, 15) is 4.79 Å². The van der Waals surface area contributed by atoms with Crippen molar-refractivity contribution in [2.24, 2.45) is 0 Å². The predicted molar refractivity (Wildman–Crippen MR) is 113 cm³/mol. The molecule has 4 rings (SSSR count). The second-order valence-corrected chi connectivity index (χ2v) is 7.85. The molecule has 0 aromatic carbocycles. The van der Waals surface area contributed by atoms with E-state index in [0.29, 0.717) is 6.54 Å². The minimum absolute atomic E-state index is 0.0384. The van der Waals surface area contributed by atoms with Crippen molar-refractivity contribution in [3.8, 4) is 5.82 Å². The normalized spacial score (nSPS) is 15.8. The van der Waals surface area contributed by atoms with Crippen LogP contribution in [0.1, 0.15) is 11.3 Å². The van der Waals surface area contributed by atoms with Gasteiger partial charge in [-0.3, -0.25) is 9.69 Å². The van der Waals surface area contributed by atoms with E-state index in [1.165, 1.54) is 0 Å². The first kappa shape index (κ1) is 19.6. The Bertz CT molecular complexity index is 984. The summed E-state index contributed by atoms with van der Waals surface area (Å²) in [5.74, 6) is 0.767. The molecule has 0 atom stereocenters. The van der Waals surface area contributed by atoms with Crippen molar-refractivity contribution in [1.82, 2.24) is 34.4 Å². The highest BCUT2D eigenvalue weighted by Crippen LogP contribution is 2.25. The van der Waals surface area contributed by atoms with Crippen molar-refractivity contribution < 1.29 is 4.79 Å². The topological polar surface area (TPSA) is 71.2 Å². The number of nitrogens with one attached hydrogen (secondary N) is 1. The highest BCUT2D eigenvalue weighted by molar-refractivity contribution is 5.88. The maximum atomic E-state index is 12.6. The molecule has 1 N–H and O–H groups in total. The molecule has 8 heteroatoms. The summed E-state index contributed by atoms with van der Waals surface area (Å²) in [5.41, 5.74) is 2.78. The number of aryl methyl sites for hydroxylation is 2. The lowest BCUT2D eigenvalue weighted by molar-refractivity contribution is -0.121. The fourth-order valence-corrected chi connectivity index (χ4v) is 3.88. The van der Waals surface area contributed by atoms with Crippen LogP contribution in [0, 0.1) is 13.8 Å². The molecule has 1 amide bonds. The molecule has 0 radical (unpaired) electrons. The molecule has 1 aliphatic heterocycles. The van der Waals surface area contributed by atoms with Crippen LogP contribution in [0.25, 0.3) is 16.9 Å². The van der Waals surface area contributed by atoms with Crippen LogP contribution in [-0.4, -0.2) is 81.4 Å². The summed E-state index contributed by atoms with van der Waals surface area (Å²) in [5, 5.41) is 8.74. The number of carbonyl (C=O) groups excluding carboxylic acids is 1. The zero-order chi connectivity index (χ0) is 20.4. The monoisotopic (exact) mass is 395 g/mol. The van der Waals surface area contributed by atoms with Gasteiger partial charge < -0.3 is 14.8 Å². The van der Waals surface area contributed by atoms with E-state index in [0.717, 1.165) is 60.8 Å². The second-order valence-electron chi connectivity index (χ2n) is 7.85. The summed E-state index contributed by atoms with van der Waals surface area (Å²) in [6, 6.07) is 5.98. The fraction of sp³-hybridized carbons (Fsp3) is 0.476. The Balaban J connectivity index is 1.47. The summed E-state index contributed by atoms with van der Waals surface area (Å²) in [7, 11) is 2.15. The lowest BCUT2D eigenvalue weighted by Crippen LogP contribution is -2.47. The lowest BCUT2D eigenvalue weighted by Gasteiger charge is -2.32. The van der Waals surface area contributed by atoms with Crippen molar-refractivity contribution in [3.63, 3.8) is 0 Å². The number of rotatable bonds is 6. The summed E-state index contributed by atoms with van der Waals surface area (Å²) in [6.45, 7) is 10.00. The third kappa shape index (κ3) is 4.33. The van der Waals surface area contributed by atoms with E-state index in [4.69, 9.17) is 5.10 Å². The van der Waals surface area contributed by atoms with Crippen LogP contribution in [0.15, 0.2) is 30.6 Å². The summed E-state index contributed by atoms with van der Waals surface area (Å²) < 4.78 is 3.68. The Morgan fingerprint density at radius 1 is 1.14 bits per heavy atom. The Morgan fingerprint density at radius 2 is 1.86 bits per heavy atom. The van der Waals surface area contributed by atoms with Gasteiger partial charge in [0, 0.05) is 57.4 Å². The van der Waals surface area contributed by atoms with Gasteiger partial charge in [-0.15, -0.1) is 0 Å². The molecule has 0 bridgehead atoms. The van der Waals surface area contributed by atoms with Gasteiger partial charge in [0.2, 0.25) is 5.91 Å². The molecule has 8 nitrogen and oxygen atoms in total. The standard InChI is InChI=1S/C21H29N7O/c1-16-14-17(2)23-20-19(16)21(27-7-4-5-8-27)24-28(20)15-18(29)22-6-9-26-12-10-25(3)11-13-26/h4-5,7-8,14H,6,9-13,15H2,1-3H3,(H,22,29). The van der Waals surface area contributed by atoms with Gasteiger partial charge in [-0.05, 0) is 44.7 Å². The van der Waals surface area contributed by atoms with Crippen LogP contribution in [0.5, 0.6) is 0 Å². The molecule has 0 aliphatic carbocycles. The number of nitrogens with zero attached hydrogens (tertiary/aromatic N) is 6. The van der Waals surface area contributed by atoms with Gasteiger partial charge in [-0.2, -0.15) is 5.10 Å².